The van der Waals surface area contributed by atoms with Crippen molar-refractivity contribution >= 4 is 28.8 Å². The van der Waals surface area contributed by atoms with Gasteiger partial charge in [0.25, 0.3) is 0 Å². The van der Waals surface area contributed by atoms with Crippen molar-refractivity contribution in [3.63, 3.8) is 0 Å². The SMILES string of the molecule is C=C1OC(COCOCC2CSC(=O)O2)CS1. The summed E-state index contributed by atoms with van der Waals surface area (Å²) in [4.78, 5) is 10.8. The van der Waals surface area contributed by atoms with Crippen LogP contribution >= 0.6 is 23.5 Å². The molecule has 2 fully saturated rings. The maximum Gasteiger partial charge on any atom is 0.367 e. The third-order valence-electron chi connectivity index (χ3n) is 2.15. The van der Waals surface area contributed by atoms with Gasteiger partial charge in [-0.15, -0.1) is 0 Å². The lowest BCUT2D eigenvalue weighted by Crippen LogP contribution is -2.21. The van der Waals surface area contributed by atoms with Crippen molar-refractivity contribution < 1.29 is 23.7 Å². The molecule has 96 valence electrons. The summed E-state index contributed by atoms with van der Waals surface area (Å²) in [5.41, 5.74) is 0. The van der Waals surface area contributed by atoms with Gasteiger partial charge in [0.2, 0.25) is 0 Å². The van der Waals surface area contributed by atoms with E-state index in [2.05, 4.69) is 6.58 Å². The highest BCUT2D eigenvalue weighted by molar-refractivity contribution is 8.13. The van der Waals surface area contributed by atoms with E-state index >= 15 is 0 Å². The van der Waals surface area contributed by atoms with Crippen LogP contribution in [0.5, 0.6) is 0 Å². The largest absolute Gasteiger partial charge is 0.482 e. The number of carbonyl (C=O) groups is 1. The number of carbonyl (C=O) groups excluding carboxylic acids is 1. The molecule has 2 saturated heterocycles. The average Bonchev–Trinajstić information content (AvgIpc) is 2.88. The van der Waals surface area contributed by atoms with E-state index in [0.717, 1.165) is 10.8 Å². The Bertz CT molecular complexity index is 268. The van der Waals surface area contributed by atoms with Crippen LogP contribution in [0.1, 0.15) is 0 Å². The van der Waals surface area contributed by atoms with Crippen LogP contribution in [0, 0.1) is 0 Å². The van der Waals surface area contributed by atoms with Crippen molar-refractivity contribution in [2.75, 3.05) is 31.5 Å². The average molecular weight is 278 g/mol. The Labute approximate surface area is 108 Å². The molecule has 0 aromatic carbocycles. The van der Waals surface area contributed by atoms with Gasteiger partial charge in [-0.3, -0.25) is 0 Å². The van der Waals surface area contributed by atoms with E-state index in [9.17, 15) is 4.79 Å². The second-order valence-corrected chi connectivity index (χ2v) is 5.62. The molecule has 7 heteroatoms. The van der Waals surface area contributed by atoms with Gasteiger partial charge in [-0.25, -0.2) is 4.79 Å². The quantitative estimate of drug-likeness (QED) is 0.417. The van der Waals surface area contributed by atoms with Gasteiger partial charge in [-0.2, -0.15) is 0 Å². The third-order valence-corrected chi connectivity index (χ3v) is 3.98. The topological polar surface area (TPSA) is 54.0 Å². The summed E-state index contributed by atoms with van der Waals surface area (Å²) in [6.45, 7) is 4.77. The first kappa shape index (κ1) is 13.1. The molecular weight excluding hydrogens is 264 g/mol. The number of ether oxygens (including phenoxy) is 4. The Balaban J connectivity index is 1.46. The van der Waals surface area contributed by atoms with Crippen LogP contribution in [0.25, 0.3) is 0 Å². The Kier molecular flexibility index (Phi) is 5.02. The van der Waals surface area contributed by atoms with E-state index < -0.39 is 0 Å². The lowest BCUT2D eigenvalue weighted by Gasteiger charge is -2.12. The fourth-order valence-corrected chi connectivity index (χ4v) is 2.82. The standard InChI is InChI=1S/C10H14O5S2/c1-7-14-8(4-16-7)2-12-6-13-3-9-5-17-10(11)15-9/h8-9H,1-6H2. The zero-order valence-electron chi connectivity index (χ0n) is 9.26. The lowest BCUT2D eigenvalue weighted by atomic mass is 10.4. The highest BCUT2D eigenvalue weighted by Crippen LogP contribution is 2.27. The van der Waals surface area contributed by atoms with Crippen LogP contribution in [0.15, 0.2) is 11.7 Å². The number of thioether (sulfide) groups is 2. The molecule has 0 aromatic heterocycles. The van der Waals surface area contributed by atoms with E-state index in [1.165, 1.54) is 11.8 Å². The highest BCUT2D eigenvalue weighted by Gasteiger charge is 2.24. The molecule has 17 heavy (non-hydrogen) atoms. The van der Waals surface area contributed by atoms with Gasteiger partial charge < -0.3 is 18.9 Å². The summed E-state index contributed by atoms with van der Waals surface area (Å²) in [5, 5.41) is 0.517. The summed E-state index contributed by atoms with van der Waals surface area (Å²) in [6, 6.07) is 0. The van der Waals surface area contributed by atoms with Gasteiger partial charge >= 0.3 is 5.30 Å². The highest BCUT2D eigenvalue weighted by atomic mass is 32.2. The van der Waals surface area contributed by atoms with Crippen LogP contribution in [0.4, 0.5) is 4.79 Å². The molecular formula is C10H14O5S2. The minimum absolute atomic E-state index is 0.0657. The Morgan fingerprint density at radius 1 is 1.18 bits per heavy atom. The summed E-state index contributed by atoms with van der Waals surface area (Å²) in [7, 11) is 0. The van der Waals surface area contributed by atoms with E-state index in [1.807, 2.05) is 0 Å². The van der Waals surface area contributed by atoms with Gasteiger partial charge in [0.1, 0.15) is 24.1 Å². The predicted octanol–water partition coefficient (Wildman–Crippen LogP) is 1.83. The van der Waals surface area contributed by atoms with Gasteiger partial charge in [-0.05, 0) is 18.3 Å². The smallest absolute Gasteiger partial charge is 0.367 e. The van der Waals surface area contributed by atoms with Gasteiger partial charge in [0.15, 0.2) is 0 Å². The molecule has 5 nitrogen and oxygen atoms in total. The number of cyclic esters (lactones) is 1. The molecule has 0 radical (unpaired) electrons. The normalized spacial score (nSPS) is 28.2. The molecule has 2 aliphatic rings. The van der Waals surface area contributed by atoms with Crippen molar-refractivity contribution in [3.05, 3.63) is 11.7 Å². The monoisotopic (exact) mass is 278 g/mol. The molecule has 0 spiro atoms. The van der Waals surface area contributed by atoms with Crippen molar-refractivity contribution in [3.8, 4) is 0 Å². The van der Waals surface area contributed by atoms with Gasteiger partial charge in [-0.1, -0.05) is 11.8 Å². The summed E-state index contributed by atoms with van der Waals surface area (Å²) in [6.07, 6.45) is -0.0786. The molecule has 0 bridgehead atoms. The number of hydrogen-bond donors (Lipinski definition) is 0. The number of rotatable bonds is 6. The number of hydrogen-bond acceptors (Lipinski definition) is 7. The molecule has 2 aliphatic heterocycles. The Morgan fingerprint density at radius 3 is 2.35 bits per heavy atom. The maximum absolute atomic E-state index is 10.8. The molecule has 2 heterocycles. The fraction of sp³-hybridized carbons (Fsp3) is 0.700. The molecule has 0 aromatic rings. The van der Waals surface area contributed by atoms with Crippen molar-refractivity contribution in [2.24, 2.45) is 0 Å². The van der Waals surface area contributed by atoms with Gasteiger partial charge in [0, 0.05) is 11.5 Å². The summed E-state index contributed by atoms with van der Waals surface area (Å²) in [5.74, 6) is 1.52. The van der Waals surface area contributed by atoms with Crippen LogP contribution in [0.3, 0.4) is 0 Å². The molecule has 2 unspecified atom stereocenters. The van der Waals surface area contributed by atoms with Crippen LogP contribution < -0.4 is 0 Å². The van der Waals surface area contributed by atoms with Crippen molar-refractivity contribution in [2.45, 2.75) is 12.2 Å². The van der Waals surface area contributed by atoms with Crippen LogP contribution in [-0.2, 0) is 18.9 Å². The summed E-state index contributed by atoms with van der Waals surface area (Å²) >= 11 is 2.77. The van der Waals surface area contributed by atoms with E-state index in [1.54, 1.807) is 11.8 Å². The molecule has 0 amide bonds. The first-order valence-corrected chi connectivity index (χ1v) is 7.18. The molecule has 0 N–H and O–H groups in total. The van der Waals surface area contributed by atoms with Crippen LogP contribution in [0.2, 0.25) is 0 Å². The maximum atomic E-state index is 10.8. The van der Waals surface area contributed by atoms with Gasteiger partial charge in [0.05, 0.1) is 13.2 Å². The lowest BCUT2D eigenvalue weighted by molar-refractivity contribution is -0.0905. The second-order valence-electron chi connectivity index (χ2n) is 3.58. The first-order chi connectivity index (χ1) is 8.24. The zero-order chi connectivity index (χ0) is 12.1. The molecule has 2 atom stereocenters. The molecule has 0 saturated carbocycles. The molecule has 0 aliphatic carbocycles. The minimum Gasteiger partial charge on any atom is -0.482 e. The van der Waals surface area contributed by atoms with Crippen molar-refractivity contribution in [1.82, 2.24) is 0 Å². The van der Waals surface area contributed by atoms with Crippen LogP contribution in [-0.4, -0.2) is 49.0 Å². The Hall–Kier alpha value is -0.370. The third kappa shape index (κ3) is 4.42. The second kappa shape index (κ2) is 6.53. The van der Waals surface area contributed by atoms with E-state index in [4.69, 9.17) is 18.9 Å². The summed E-state index contributed by atoms with van der Waals surface area (Å²) < 4.78 is 20.9. The van der Waals surface area contributed by atoms with E-state index in [-0.39, 0.29) is 24.3 Å². The zero-order valence-corrected chi connectivity index (χ0v) is 10.9. The fourth-order valence-electron chi connectivity index (χ4n) is 1.39. The molecule has 2 rings (SSSR count). The Morgan fingerprint density at radius 2 is 1.82 bits per heavy atom. The van der Waals surface area contributed by atoms with E-state index in [0.29, 0.717) is 19.0 Å². The first-order valence-electron chi connectivity index (χ1n) is 5.21. The minimum atomic E-state index is -0.227. The predicted molar refractivity (Wildman–Crippen MR) is 66.0 cm³/mol. The van der Waals surface area contributed by atoms with Crippen molar-refractivity contribution in [1.29, 1.82) is 0 Å².